The molecular weight excluding hydrogens is 224 g/mol. The Morgan fingerprint density at radius 3 is 2.28 bits per heavy atom. The van der Waals surface area contributed by atoms with Crippen molar-refractivity contribution in [1.29, 1.82) is 0 Å². The summed E-state index contributed by atoms with van der Waals surface area (Å²) in [6, 6.07) is 6.30. The fourth-order valence-electron chi connectivity index (χ4n) is 2.10. The van der Waals surface area contributed by atoms with Gasteiger partial charge >= 0.3 is 0 Å². The molecule has 100 valence electrons. The molecule has 18 heavy (non-hydrogen) atoms. The number of carbonyl (C=O) groups is 1. The van der Waals surface area contributed by atoms with Gasteiger partial charge in [0.25, 0.3) is 0 Å². The highest BCUT2D eigenvalue weighted by molar-refractivity contribution is 5.93. The Hall–Kier alpha value is -1.35. The van der Waals surface area contributed by atoms with E-state index in [1.165, 1.54) is 11.1 Å². The minimum absolute atomic E-state index is 0.0758. The lowest BCUT2D eigenvalue weighted by Crippen LogP contribution is -2.31. The van der Waals surface area contributed by atoms with E-state index in [2.05, 4.69) is 32.0 Å². The summed E-state index contributed by atoms with van der Waals surface area (Å²) in [5, 5.41) is 0. The maximum atomic E-state index is 12.2. The molecule has 1 aromatic carbocycles. The van der Waals surface area contributed by atoms with Gasteiger partial charge in [-0.2, -0.15) is 0 Å². The molecule has 0 aliphatic heterocycles. The van der Waals surface area contributed by atoms with Gasteiger partial charge < -0.3 is 10.6 Å². The summed E-state index contributed by atoms with van der Waals surface area (Å²) >= 11 is 0. The number of hydrogen-bond acceptors (Lipinski definition) is 2. The molecule has 1 rings (SSSR count). The predicted octanol–water partition coefficient (Wildman–Crippen LogP) is 2.78. The van der Waals surface area contributed by atoms with Crippen LogP contribution >= 0.6 is 0 Å². The monoisotopic (exact) mass is 248 g/mol. The minimum Gasteiger partial charge on any atom is -0.328 e. The third-order valence-electron chi connectivity index (χ3n) is 2.95. The lowest BCUT2D eigenvalue weighted by Gasteiger charge is -2.22. The van der Waals surface area contributed by atoms with Crippen LogP contribution in [0.1, 0.15) is 37.8 Å². The maximum absolute atomic E-state index is 12.2. The van der Waals surface area contributed by atoms with Crippen LogP contribution in [0.25, 0.3) is 0 Å². The number of benzene rings is 1. The molecule has 1 unspecified atom stereocenters. The van der Waals surface area contributed by atoms with Gasteiger partial charge in [0.1, 0.15) is 0 Å². The van der Waals surface area contributed by atoms with Crippen molar-refractivity contribution < 1.29 is 4.79 Å². The average molecular weight is 248 g/mol. The van der Waals surface area contributed by atoms with Gasteiger partial charge in [0.15, 0.2) is 0 Å². The van der Waals surface area contributed by atoms with Crippen molar-refractivity contribution >= 4 is 11.6 Å². The maximum Gasteiger partial charge on any atom is 0.227 e. The quantitative estimate of drug-likeness (QED) is 0.871. The average Bonchev–Trinajstić information content (AvgIpc) is 2.26. The molecule has 0 fully saturated rings. The number of nitrogens with two attached hydrogens (primary N) is 1. The number of aryl methyl sites for hydroxylation is 2. The van der Waals surface area contributed by atoms with Crippen molar-refractivity contribution in [3.05, 3.63) is 29.3 Å². The smallest absolute Gasteiger partial charge is 0.227 e. The van der Waals surface area contributed by atoms with Crippen LogP contribution in [0, 0.1) is 13.8 Å². The third kappa shape index (κ3) is 4.15. The summed E-state index contributed by atoms with van der Waals surface area (Å²) in [6.07, 6.45) is 1.25. The fraction of sp³-hybridized carbons (Fsp3) is 0.533. The molecular formula is C15H24N2O. The summed E-state index contributed by atoms with van der Waals surface area (Å²) in [5.74, 6) is 0.153. The second-order valence-corrected chi connectivity index (χ2v) is 5.00. The third-order valence-corrected chi connectivity index (χ3v) is 2.95. The predicted molar refractivity (Wildman–Crippen MR) is 76.8 cm³/mol. The lowest BCUT2D eigenvalue weighted by atomic mass is 10.1. The molecule has 0 bridgehead atoms. The van der Waals surface area contributed by atoms with Crippen molar-refractivity contribution in [3.63, 3.8) is 0 Å². The zero-order valence-electron chi connectivity index (χ0n) is 11.9. The molecule has 0 aromatic heterocycles. The molecule has 0 saturated heterocycles. The Morgan fingerprint density at radius 1 is 1.28 bits per heavy atom. The highest BCUT2D eigenvalue weighted by Gasteiger charge is 2.14. The Morgan fingerprint density at radius 2 is 1.83 bits per heavy atom. The summed E-state index contributed by atoms with van der Waals surface area (Å²) < 4.78 is 0. The first kappa shape index (κ1) is 14.7. The molecule has 0 spiro atoms. The zero-order chi connectivity index (χ0) is 13.7. The van der Waals surface area contributed by atoms with E-state index < -0.39 is 0 Å². The van der Waals surface area contributed by atoms with E-state index in [4.69, 9.17) is 5.73 Å². The number of hydrogen-bond donors (Lipinski definition) is 1. The minimum atomic E-state index is 0.0758. The first-order valence-corrected chi connectivity index (χ1v) is 6.58. The second-order valence-electron chi connectivity index (χ2n) is 5.00. The fourth-order valence-corrected chi connectivity index (χ4v) is 2.10. The zero-order valence-corrected chi connectivity index (χ0v) is 11.9. The SMILES string of the molecule is CCN(C(=O)CCC(C)N)c1cc(C)cc(C)c1. The molecule has 3 heteroatoms. The van der Waals surface area contributed by atoms with E-state index in [1.807, 2.05) is 18.7 Å². The molecule has 0 saturated carbocycles. The summed E-state index contributed by atoms with van der Waals surface area (Å²) in [5.41, 5.74) is 9.06. The van der Waals surface area contributed by atoms with Crippen LogP contribution < -0.4 is 10.6 Å². The first-order valence-electron chi connectivity index (χ1n) is 6.58. The normalized spacial score (nSPS) is 12.3. The van der Waals surface area contributed by atoms with Gasteiger partial charge in [-0.3, -0.25) is 4.79 Å². The van der Waals surface area contributed by atoms with Gasteiger partial charge in [-0.15, -0.1) is 0 Å². The number of nitrogens with zero attached hydrogens (tertiary/aromatic N) is 1. The Bertz CT molecular complexity index is 393. The van der Waals surface area contributed by atoms with E-state index in [1.54, 1.807) is 0 Å². The molecule has 1 amide bonds. The summed E-state index contributed by atoms with van der Waals surface area (Å²) in [6.45, 7) is 8.73. The van der Waals surface area contributed by atoms with E-state index >= 15 is 0 Å². The van der Waals surface area contributed by atoms with E-state index in [9.17, 15) is 4.79 Å². The topological polar surface area (TPSA) is 46.3 Å². The molecule has 0 aliphatic carbocycles. The van der Waals surface area contributed by atoms with Gasteiger partial charge in [0, 0.05) is 24.7 Å². The van der Waals surface area contributed by atoms with Crippen molar-refractivity contribution in [2.24, 2.45) is 5.73 Å². The Kier molecular flexibility index (Phi) is 5.35. The van der Waals surface area contributed by atoms with Crippen LogP contribution in [0.15, 0.2) is 18.2 Å². The molecule has 0 radical (unpaired) electrons. The first-order chi connectivity index (χ1) is 8.43. The standard InChI is InChI=1S/C15H24N2O/c1-5-17(15(18)7-6-13(4)16)14-9-11(2)8-12(3)10-14/h8-10,13H,5-7,16H2,1-4H3. The number of carbonyl (C=O) groups excluding carboxylic acids is 1. The lowest BCUT2D eigenvalue weighted by molar-refractivity contribution is -0.118. The number of amides is 1. The van der Waals surface area contributed by atoms with Crippen molar-refractivity contribution in [1.82, 2.24) is 0 Å². The summed E-state index contributed by atoms with van der Waals surface area (Å²) in [4.78, 5) is 14.0. The number of anilines is 1. The Labute approximate surface area is 110 Å². The molecule has 0 aliphatic rings. The van der Waals surface area contributed by atoms with Gasteiger partial charge in [-0.05, 0) is 57.4 Å². The molecule has 0 heterocycles. The molecule has 3 nitrogen and oxygen atoms in total. The highest BCUT2D eigenvalue weighted by Crippen LogP contribution is 2.19. The molecule has 1 atom stereocenters. The van der Waals surface area contributed by atoms with E-state index in [0.29, 0.717) is 13.0 Å². The van der Waals surface area contributed by atoms with Gasteiger partial charge in [-0.25, -0.2) is 0 Å². The van der Waals surface area contributed by atoms with Crippen LogP contribution in [0.2, 0.25) is 0 Å². The van der Waals surface area contributed by atoms with Crippen molar-refractivity contribution in [3.8, 4) is 0 Å². The van der Waals surface area contributed by atoms with Crippen LogP contribution in [0.4, 0.5) is 5.69 Å². The van der Waals surface area contributed by atoms with E-state index in [-0.39, 0.29) is 11.9 Å². The van der Waals surface area contributed by atoms with E-state index in [0.717, 1.165) is 12.1 Å². The largest absolute Gasteiger partial charge is 0.328 e. The van der Waals surface area contributed by atoms with Gasteiger partial charge in [0.2, 0.25) is 5.91 Å². The second kappa shape index (κ2) is 6.55. The molecule has 2 N–H and O–H groups in total. The Balaban J connectivity index is 2.84. The van der Waals surface area contributed by atoms with Crippen molar-refractivity contribution in [2.75, 3.05) is 11.4 Å². The summed E-state index contributed by atoms with van der Waals surface area (Å²) in [7, 11) is 0. The van der Waals surface area contributed by atoms with Crippen molar-refractivity contribution in [2.45, 2.75) is 46.6 Å². The van der Waals surface area contributed by atoms with Gasteiger partial charge in [0.05, 0.1) is 0 Å². The van der Waals surface area contributed by atoms with Crippen LogP contribution in [-0.2, 0) is 4.79 Å². The number of rotatable bonds is 5. The molecule has 1 aromatic rings. The highest BCUT2D eigenvalue weighted by atomic mass is 16.2. The van der Waals surface area contributed by atoms with Gasteiger partial charge in [-0.1, -0.05) is 6.07 Å². The van der Waals surface area contributed by atoms with Crippen LogP contribution in [-0.4, -0.2) is 18.5 Å². The van der Waals surface area contributed by atoms with Crippen LogP contribution in [0.5, 0.6) is 0 Å². The van der Waals surface area contributed by atoms with Crippen LogP contribution in [0.3, 0.4) is 0 Å².